The van der Waals surface area contributed by atoms with E-state index < -0.39 is 17.5 Å². The normalized spacial score (nSPS) is 15.2. The molecule has 1 saturated heterocycles. The predicted octanol–water partition coefficient (Wildman–Crippen LogP) is 2.19. The summed E-state index contributed by atoms with van der Waals surface area (Å²) in [6.07, 6.45) is 4.24. The van der Waals surface area contributed by atoms with E-state index in [1.54, 1.807) is 24.1 Å². The number of halogens is 2. The van der Waals surface area contributed by atoms with Crippen LogP contribution in [0.15, 0.2) is 30.6 Å². The number of nitrogens with zero attached hydrogens (tertiary/aromatic N) is 3. The number of likely N-dealkylation sites (tertiary alicyclic amines) is 1. The number of benzene rings is 1. The number of hydrogen-bond donors (Lipinski definition) is 1. The van der Waals surface area contributed by atoms with Crippen molar-refractivity contribution in [3.05, 3.63) is 47.8 Å². The summed E-state index contributed by atoms with van der Waals surface area (Å²) in [6.45, 7) is 0.696. The molecule has 2 amide bonds. The van der Waals surface area contributed by atoms with Crippen LogP contribution < -0.4 is 5.32 Å². The van der Waals surface area contributed by atoms with Crippen LogP contribution >= 0.6 is 0 Å². The fraction of sp³-hybridized carbons (Fsp3) is 0.353. The van der Waals surface area contributed by atoms with Gasteiger partial charge in [0.1, 0.15) is 11.6 Å². The molecule has 1 fully saturated rings. The molecule has 1 aliphatic rings. The summed E-state index contributed by atoms with van der Waals surface area (Å²) in [6, 6.07) is 2.90. The van der Waals surface area contributed by atoms with Crippen LogP contribution in [0.1, 0.15) is 23.2 Å². The van der Waals surface area contributed by atoms with Gasteiger partial charge in [-0.15, -0.1) is 0 Å². The zero-order valence-corrected chi connectivity index (χ0v) is 13.7. The monoisotopic (exact) mass is 348 g/mol. The minimum absolute atomic E-state index is 0.118. The number of carbonyl (C=O) groups excluding carboxylic acids is 2. The Morgan fingerprint density at radius 3 is 2.56 bits per heavy atom. The maximum absolute atomic E-state index is 13.7. The lowest BCUT2D eigenvalue weighted by atomic mass is 9.95. The molecule has 132 valence electrons. The predicted molar refractivity (Wildman–Crippen MR) is 86.8 cm³/mol. The van der Waals surface area contributed by atoms with E-state index in [-0.39, 0.29) is 17.4 Å². The van der Waals surface area contributed by atoms with E-state index in [0.717, 1.165) is 12.1 Å². The van der Waals surface area contributed by atoms with Gasteiger partial charge in [0.2, 0.25) is 5.91 Å². The van der Waals surface area contributed by atoms with E-state index >= 15 is 0 Å². The van der Waals surface area contributed by atoms with E-state index in [4.69, 9.17) is 0 Å². The molecule has 2 aromatic rings. The molecule has 0 saturated carbocycles. The minimum Gasteiger partial charge on any atom is -0.339 e. The van der Waals surface area contributed by atoms with Crippen LogP contribution in [-0.4, -0.2) is 39.6 Å². The van der Waals surface area contributed by atoms with E-state index in [1.807, 2.05) is 0 Å². The molecule has 3 rings (SSSR count). The smallest absolute Gasteiger partial charge is 0.256 e. The largest absolute Gasteiger partial charge is 0.339 e. The number of amides is 2. The average molecular weight is 348 g/mol. The van der Waals surface area contributed by atoms with Gasteiger partial charge in [0.15, 0.2) is 0 Å². The molecule has 0 radical (unpaired) electrons. The van der Waals surface area contributed by atoms with Crippen molar-refractivity contribution in [2.24, 2.45) is 13.0 Å². The number of nitrogens with one attached hydrogen (secondary N) is 1. The molecule has 2 heterocycles. The summed E-state index contributed by atoms with van der Waals surface area (Å²) < 4.78 is 28.3. The van der Waals surface area contributed by atoms with Crippen molar-refractivity contribution in [3.63, 3.8) is 0 Å². The molecule has 1 aromatic carbocycles. The maximum atomic E-state index is 13.7. The van der Waals surface area contributed by atoms with Gasteiger partial charge in [-0.3, -0.25) is 14.3 Å². The summed E-state index contributed by atoms with van der Waals surface area (Å²) >= 11 is 0. The summed E-state index contributed by atoms with van der Waals surface area (Å²) in [5.41, 5.74) is 0.471. The molecule has 0 bridgehead atoms. The lowest BCUT2D eigenvalue weighted by Gasteiger charge is -2.31. The number of hydrogen-bond acceptors (Lipinski definition) is 3. The number of aryl methyl sites for hydroxylation is 1. The molecule has 0 aliphatic carbocycles. The highest BCUT2D eigenvalue weighted by Crippen LogP contribution is 2.22. The van der Waals surface area contributed by atoms with Gasteiger partial charge in [0, 0.05) is 38.3 Å². The SMILES string of the molecule is Cn1cc(NC(=O)C2CCN(C(=O)c3ccc(F)cc3F)CC2)cn1. The van der Waals surface area contributed by atoms with Crippen LogP contribution in [0.25, 0.3) is 0 Å². The Hall–Kier alpha value is -2.77. The lowest BCUT2D eigenvalue weighted by Crippen LogP contribution is -2.41. The van der Waals surface area contributed by atoms with Crippen LogP contribution in [0.2, 0.25) is 0 Å². The Labute approximate surface area is 143 Å². The first-order valence-electron chi connectivity index (χ1n) is 7.98. The Morgan fingerprint density at radius 2 is 1.96 bits per heavy atom. The van der Waals surface area contributed by atoms with Crippen LogP contribution in [-0.2, 0) is 11.8 Å². The average Bonchev–Trinajstić information content (AvgIpc) is 2.99. The summed E-state index contributed by atoms with van der Waals surface area (Å²) in [4.78, 5) is 26.1. The van der Waals surface area contributed by atoms with Gasteiger partial charge < -0.3 is 10.2 Å². The van der Waals surface area contributed by atoms with Crippen LogP contribution in [0, 0.1) is 17.6 Å². The van der Waals surface area contributed by atoms with Gasteiger partial charge >= 0.3 is 0 Å². The van der Waals surface area contributed by atoms with Crippen LogP contribution in [0.4, 0.5) is 14.5 Å². The van der Waals surface area contributed by atoms with Crippen molar-refractivity contribution in [3.8, 4) is 0 Å². The second kappa shape index (κ2) is 7.00. The molecule has 25 heavy (non-hydrogen) atoms. The van der Waals surface area contributed by atoms with Gasteiger partial charge in [-0.2, -0.15) is 5.10 Å². The first kappa shape index (κ1) is 17.1. The number of aromatic nitrogens is 2. The quantitative estimate of drug-likeness (QED) is 0.925. The highest BCUT2D eigenvalue weighted by molar-refractivity contribution is 5.95. The van der Waals surface area contributed by atoms with Gasteiger partial charge in [0.05, 0.1) is 17.4 Å². The molecule has 1 aromatic heterocycles. The molecule has 6 nitrogen and oxygen atoms in total. The highest BCUT2D eigenvalue weighted by atomic mass is 19.1. The van der Waals surface area contributed by atoms with Gasteiger partial charge in [-0.1, -0.05) is 0 Å². The van der Waals surface area contributed by atoms with Gasteiger partial charge in [-0.25, -0.2) is 8.78 Å². The van der Waals surface area contributed by atoms with Gasteiger partial charge in [0.25, 0.3) is 5.91 Å². The zero-order chi connectivity index (χ0) is 18.0. The first-order valence-corrected chi connectivity index (χ1v) is 7.98. The van der Waals surface area contributed by atoms with Crippen molar-refractivity contribution in [2.75, 3.05) is 18.4 Å². The molecular formula is C17H18F2N4O2. The summed E-state index contributed by atoms with van der Waals surface area (Å²) in [7, 11) is 1.76. The van der Waals surface area contributed by atoms with Crippen molar-refractivity contribution < 1.29 is 18.4 Å². The van der Waals surface area contributed by atoms with Gasteiger partial charge in [-0.05, 0) is 25.0 Å². The van der Waals surface area contributed by atoms with Crippen LogP contribution in [0.5, 0.6) is 0 Å². The Balaban J connectivity index is 1.57. The molecule has 0 unspecified atom stereocenters. The number of carbonyl (C=O) groups is 2. The fourth-order valence-electron chi connectivity index (χ4n) is 2.91. The summed E-state index contributed by atoms with van der Waals surface area (Å²) in [5, 5.41) is 6.78. The standard InChI is InChI=1S/C17H18F2N4O2/c1-22-10-13(9-20-22)21-16(24)11-4-6-23(7-5-11)17(25)14-3-2-12(18)8-15(14)19/h2-3,8-11H,4-7H2,1H3,(H,21,24). The molecule has 0 atom stereocenters. The Bertz CT molecular complexity index is 798. The van der Waals surface area contributed by atoms with E-state index in [2.05, 4.69) is 10.4 Å². The maximum Gasteiger partial charge on any atom is 0.256 e. The third kappa shape index (κ3) is 3.84. The minimum atomic E-state index is -0.874. The third-order valence-corrected chi connectivity index (χ3v) is 4.29. The topological polar surface area (TPSA) is 67.2 Å². The second-order valence-electron chi connectivity index (χ2n) is 6.08. The van der Waals surface area contributed by atoms with E-state index in [0.29, 0.717) is 37.7 Å². The fourth-order valence-corrected chi connectivity index (χ4v) is 2.91. The van der Waals surface area contributed by atoms with E-state index in [9.17, 15) is 18.4 Å². The molecular weight excluding hydrogens is 330 g/mol. The van der Waals surface area contributed by atoms with Crippen molar-refractivity contribution in [1.29, 1.82) is 0 Å². The number of piperidine rings is 1. The summed E-state index contributed by atoms with van der Waals surface area (Å²) in [5.74, 6) is -2.42. The second-order valence-corrected chi connectivity index (χ2v) is 6.08. The molecule has 0 spiro atoms. The van der Waals surface area contributed by atoms with Crippen LogP contribution in [0.3, 0.4) is 0 Å². The first-order chi connectivity index (χ1) is 11.9. The Morgan fingerprint density at radius 1 is 1.24 bits per heavy atom. The van der Waals surface area contributed by atoms with Crippen molar-refractivity contribution in [2.45, 2.75) is 12.8 Å². The van der Waals surface area contributed by atoms with Crippen molar-refractivity contribution >= 4 is 17.5 Å². The van der Waals surface area contributed by atoms with E-state index in [1.165, 1.54) is 4.90 Å². The zero-order valence-electron chi connectivity index (χ0n) is 13.7. The van der Waals surface area contributed by atoms with Crippen molar-refractivity contribution in [1.82, 2.24) is 14.7 Å². The number of anilines is 1. The third-order valence-electron chi connectivity index (χ3n) is 4.29. The highest BCUT2D eigenvalue weighted by Gasteiger charge is 2.29. The molecule has 1 N–H and O–H groups in total. The lowest BCUT2D eigenvalue weighted by molar-refractivity contribution is -0.121. The number of rotatable bonds is 3. The molecule has 1 aliphatic heterocycles. The molecule has 8 heteroatoms. The Kier molecular flexibility index (Phi) is 4.78.